The van der Waals surface area contributed by atoms with Gasteiger partial charge in [0, 0.05) is 5.41 Å². The summed E-state index contributed by atoms with van der Waals surface area (Å²) in [6, 6.07) is 20.8. The Morgan fingerprint density at radius 3 is 2.04 bits per heavy atom. The second kappa shape index (κ2) is 6.08. The maximum atomic E-state index is 11.0. The van der Waals surface area contributed by atoms with Crippen LogP contribution in [-0.4, -0.2) is 30.2 Å². The van der Waals surface area contributed by atoms with E-state index >= 15 is 0 Å². The molecular weight excluding hydrogens is 288 g/mol. The van der Waals surface area contributed by atoms with Gasteiger partial charge in [-0.3, -0.25) is 0 Å². The first-order valence-electron chi connectivity index (χ1n) is 8.28. The molecule has 0 saturated carbocycles. The van der Waals surface area contributed by atoms with Crippen molar-refractivity contribution in [2.45, 2.75) is 37.8 Å². The highest BCUT2D eigenvalue weighted by Crippen LogP contribution is 2.45. The fourth-order valence-electron chi connectivity index (χ4n) is 4.03. The lowest BCUT2D eigenvalue weighted by Gasteiger charge is -2.44. The van der Waals surface area contributed by atoms with Gasteiger partial charge < -0.3 is 14.6 Å². The van der Waals surface area contributed by atoms with E-state index in [0.29, 0.717) is 6.61 Å². The lowest BCUT2D eigenvalue weighted by atomic mass is 9.68. The summed E-state index contributed by atoms with van der Waals surface area (Å²) < 4.78 is 11.4. The van der Waals surface area contributed by atoms with E-state index in [0.717, 1.165) is 19.3 Å². The van der Waals surface area contributed by atoms with Crippen LogP contribution in [0.15, 0.2) is 60.7 Å². The Hall–Kier alpha value is -1.68. The number of hydrogen-bond donors (Lipinski definition) is 1. The van der Waals surface area contributed by atoms with Crippen LogP contribution in [0.25, 0.3) is 0 Å². The summed E-state index contributed by atoms with van der Waals surface area (Å²) in [5.41, 5.74) is 2.26. The van der Waals surface area contributed by atoms with Crippen molar-refractivity contribution in [3.8, 4) is 0 Å². The molecule has 2 aromatic carbocycles. The van der Waals surface area contributed by atoms with Crippen LogP contribution in [0.4, 0.5) is 0 Å². The minimum atomic E-state index is -0.610. The molecule has 23 heavy (non-hydrogen) atoms. The summed E-state index contributed by atoms with van der Waals surface area (Å²) >= 11 is 0. The van der Waals surface area contributed by atoms with Crippen LogP contribution >= 0.6 is 0 Å². The van der Waals surface area contributed by atoms with Crippen LogP contribution < -0.4 is 0 Å². The third kappa shape index (κ3) is 2.92. The molecule has 1 N–H and O–H groups in total. The number of rotatable bonds is 4. The zero-order chi connectivity index (χ0) is 15.7. The van der Waals surface area contributed by atoms with Gasteiger partial charge in [0.05, 0.1) is 12.7 Å². The normalized spacial score (nSPS) is 28.7. The Labute approximate surface area is 136 Å². The number of benzene rings is 2. The van der Waals surface area contributed by atoms with Crippen molar-refractivity contribution in [3.63, 3.8) is 0 Å². The lowest BCUT2D eigenvalue weighted by Crippen LogP contribution is -2.51. The average molecular weight is 310 g/mol. The third-order valence-corrected chi connectivity index (χ3v) is 5.09. The highest BCUT2D eigenvalue weighted by molar-refractivity contribution is 5.23. The molecule has 120 valence electrons. The maximum Gasteiger partial charge on any atom is 0.184 e. The van der Waals surface area contributed by atoms with Gasteiger partial charge in [0.25, 0.3) is 0 Å². The molecular formula is C20H22O3. The van der Waals surface area contributed by atoms with Gasteiger partial charge in [-0.15, -0.1) is 0 Å². The van der Waals surface area contributed by atoms with Crippen molar-refractivity contribution < 1.29 is 14.6 Å². The summed E-state index contributed by atoms with van der Waals surface area (Å²) in [6.45, 7) is 0.590. The molecule has 2 heterocycles. The van der Waals surface area contributed by atoms with Gasteiger partial charge in [-0.25, -0.2) is 0 Å². The van der Waals surface area contributed by atoms with E-state index < -0.39 is 12.4 Å². The van der Waals surface area contributed by atoms with Crippen LogP contribution in [-0.2, 0) is 22.3 Å². The van der Waals surface area contributed by atoms with Gasteiger partial charge in [0.2, 0.25) is 0 Å². The summed E-state index contributed by atoms with van der Waals surface area (Å²) in [7, 11) is 0. The molecule has 2 bridgehead atoms. The molecule has 2 saturated heterocycles. The maximum absolute atomic E-state index is 11.0. The molecule has 0 aliphatic carbocycles. The van der Waals surface area contributed by atoms with E-state index in [-0.39, 0.29) is 11.5 Å². The Balaban J connectivity index is 1.68. The minimum Gasteiger partial charge on any atom is -0.387 e. The van der Waals surface area contributed by atoms with Crippen LogP contribution in [0.5, 0.6) is 0 Å². The number of hydrogen-bond acceptors (Lipinski definition) is 3. The van der Waals surface area contributed by atoms with Crippen molar-refractivity contribution in [2.75, 3.05) is 6.61 Å². The molecule has 3 heteroatoms. The first-order chi connectivity index (χ1) is 11.3. The largest absolute Gasteiger partial charge is 0.387 e. The van der Waals surface area contributed by atoms with Crippen molar-refractivity contribution in [2.24, 2.45) is 5.41 Å². The van der Waals surface area contributed by atoms with E-state index in [1.807, 2.05) is 12.1 Å². The Morgan fingerprint density at radius 2 is 1.48 bits per heavy atom. The summed E-state index contributed by atoms with van der Waals surface area (Å²) in [5, 5.41) is 11.0. The van der Waals surface area contributed by atoms with Crippen LogP contribution in [0.3, 0.4) is 0 Å². The van der Waals surface area contributed by atoms with Gasteiger partial charge in [-0.2, -0.15) is 0 Å². The molecule has 2 aliphatic rings. The van der Waals surface area contributed by atoms with Gasteiger partial charge >= 0.3 is 0 Å². The molecule has 2 fully saturated rings. The molecule has 0 spiro atoms. The van der Waals surface area contributed by atoms with Crippen LogP contribution in [0.2, 0.25) is 0 Å². The summed E-state index contributed by atoms with van der Waals surface area (Å²) in [4.78, 5) is 0. The Bertz CT molecular complexity index is 599. The highest BCUT2D eigenvalue weighted by atomic mass is 16.7. The predicted octanol–water partition coefficient (Wildman–Crippen LogP) is 2.96. The SMILES string of the molecule is O[C@@H]1[C@@H]2OC[C@H](CC1(Cc1ccccc1)Cc1ccccc1)O2. The molecule has 2 aliphatic heterocycles. The van der Waals surface area contributed by atoms with Crippen molar-refractivity contribution in [3.05, 3.63) is 71.8 Å². The van der Waals surface area contributed by atoms with Crippen LogP contribution in [0, 0.1) is 5.41 Å². The Morgan fingerprint density at radius 1 is 0.913 bits per heavy atom. The van der Waals surface area contributed by atoms with Gasteiger partial charge in [-0.1, -0.05) is 60.7 Å². The summed E-state index contributed by atoms with van der Waals surface area (Å²) in [5.74, 6) is 0. The first kappa shape index (κ1) is 14.9. The zero-order valence-electron chi connectivity index (χ0n) is 13.1. The first-order valence-corrected chi connectivity index (χ1v) is 8.28. The monoisotopic (exact) mass is 310 g/mol. The molecule has 2 aromatic rings. The van der Waals surface area contributed by atoms with E-state index in [9.17, 15) is 5.11 Å². The van der Waals surface area contributed by atoms with Crippen molar-refractivity contribution in [1.29, 1.82) is 0 Å². The quantitative estimate of drug-likeness (QED) is 0.943. The minimum absolute atomic E-state index is 0.0934. The molecule has 3 nitrogen and oxygen atoms in total. The molecule has 0 radical (unpaired) electrons. The second-order valence-electron chi connectivity index (χ2n) is 6.80. The topological polar surface area (TPSA) is 38.7 Å². The fraction of sp³-hybridized carbons (Fsp3) is 0.400. The Kier molecular flexibility index (Phi) is 3.93. The third-order valence-electron chi connectivity index (χ3n) is 5.09. The fourth-order valence-corrected chi connectivity index (χ4v) is 4.03. The molecule has 0 amide bonds. The molecule has 0 aromatic heterocycles. The summed E-state index contributed by atoms with van der Waals surface area (Å²) in [6.07, 6.45) is 1.50. The van der Waals surface area contributed by atoms with Crippen LogP contribution in [0.1, 0.15) is 17.5 Å². The van der Waals surface area contributed by atoms with Gasteiger partial charge in [-0.05, 0) is 30.4 Å². The smallest absolute Gasteiger partial charge is 0.184 e. The number of ether oxygens (including phenoxy) is 2. The molecule has 4 rings (SSSR count). The van der Waals surface area contributed by atoms with E-state index in [4.69, 9.17) is 9.47 Å². The molecule has 0 unspecified atom stereocenters. The van der Waals surface area contributed by atoms with E-state index in [1.165, 1.54) is 11.1 Å². The highest BCUT2D eigenvalue weighted by Gasteiger charge is 2.52. The number of aliphatic hydroxyl groups is 1. The van der Waals surface area contributed by atoms with Gasteiger partial charge in [0.1, 0.15) is 6.10 Å². The van der Waals surface area contributed by atoms with Crippen molar-refractivity contribution >= 4 is 0 Å². The average Bonchev–Trinajstić information content (AvgIpc) is 2.99. The number of fused-ring (bicyclic) bond motifs is 2. The predicted molar refractivity (Wildman–Crippen MR) is 88.0 cm³/mol. The zero-order valence-corrected chi connectivity index (χ0v) is 13.1. The van der Waals surface area contributed by atoms with E-state index in [2.05, 4.69) is 48.5 Å². The molecule has 3 atom stereocenters. The standard InChI is InChI=1S/C20H22O3/c21-18-19-22-14-17(23-19)13-20(18,11-15-7-3-1-4-8-15)12-16-9-5-2-6-10-16/h1-10,17-19,21H,11-14H2/t17-,18+,19+/m0/s1. The second-order valence-corrected chi connectivity index (χ2v) is 6.80. The van der Waals surface area contributed by atoms with Crippen molar-refractivity contribution in [1.82, 2.24) is 0 Å². The number of aliphatic hydroxyl groups excluding tert-OH is 1. The van der Waals surface area contributed by atoms with Gasteiger partial charge in [0.15, 0.2) is 6.29 Å². The van der Waals surface area contributed by atoms with E-state index in [1.54, 1.807) is 0 Å². The lowest BCUT2D eigenvalue weighted by molar-refractivity contribution is -0.205.